The second kappa shape index (κ2) is 8.03. The number of thiazole rings is 1. The first-order chi connectivity index (χ1) is 11.4. The average molecular weight is 346 g/mol. The number of aromatic nitrogens is 1. The van der Waals surface area contributed by atoms with Gasteiger partial charge < -0.3 is 15.5 Å². The van der Waals surface area contributed by atoms with Crippen LogP contribution in [0, 0.1) is 6.92 Å². The molecule has 7 heteroatoms. The molecule has 0 bridgehead atoms. The number of amides is 2. The summed E-state index contributed by atoms with van der Waals surface area (Å²) in [6.45, 7) is 3.93. The molecule has 0 saturated heterocycles. The van der Waals surface area contributed by atoms with Gasteiger partial charge in [0.15, 0.2) is 5.13 Å². The number of nitrogens with one attached hydrogen (secondary N) is 2. The van der Waals surface area contributed by atoms with E-state index < -0.39 is 0 Å². The number of nitrogens with zero attached hydrogens (tertiary/aromatic N) is 2. The van der Waals surface area contributed by atoms with E-state index in [0.29, 0.717) is 17.4 Å². The van der Waals surface area contributed by atoms with Crippen molar-refractivity contribution in [2.75, 3.05) is 26.0 Å². The number of aryl methyl sites for hydroxylation is 1. The molecule has 2 amide bonds. The third kappa shape index (κ3) is 4.87. The van der Waals surface area contributed by atoms with Crippen molar-refractivity contribution in [3.63, 3.8) is 0 Å². The minimum Gasteiger partial charge on any atom is -0.349 e. The maximum Gasteiger partial charge on any atom is 0.270 e. The maximum atomic E-state index is 12.3. The van der Waals surface area contributed by atoms with Crippen LogP contribution in [0.2, 0.25) is 0 Å². The molecule has 2 rings (SSSR count). The minimum absolute atomic E-state index is 0.0722. The second-order valence-corrected chi connectivity index (χ2v) is 6.68. The normalized spacial score (nSPS) is 12.0. The van der Waals surface area contributed by atoms with Gasteiger partial charge in [-0.15, -0.1) is 11.3 Å². The highest BCUT2D eigenvalue weighted by Crippen LogP contribution is 2.19. The van der Waals surface area contributed by atoms with Crippen molar-refractivity contribution in [3.05, 3.63) is 46.5 Å². The van der Waals surface area contributed by atoms with Crippen molar-refractivity contribution in [1.29, 1.82) is 0 Å². The summed E-state index contributed by atoms with van der Waals surface area (Å²) in [6, 6.07) is 8.35. The Balaban J connectivity index is 2.01. The second-order valence-electron chi connectivity index (χ2n) is 5.82. The molecule has 2 N–H and O–H groups in total. The fourth-order valence-corrected chi connectivity index (χ4v) is 2.99. The predicted octanol–water partition coefficient (Wildman–Crippen LogP) is 2.44. The van der Waals surface area contributed by atoms with Crippen molar-refractivity contribution in [2.24, 2.45) is 0 Å². The van der Waals surface area contributed by atoms with Crippen molar-refractivity contribution in [1.82, 2.24) is 15.2 Å². The van der Waals surface area contributed by atoms with E-state index in [1.165, 1.54) is 23.8 Å². The molecule has 1 aromatic carbocycles. The highest BCUT2D eigenvalue weighted by molar-refractivity contribution is 7.14. The maximum absolute atomic E-state index is 12.3. The molecule has 0 saturated carbocycles. The van der Waals surface area contributed by atoms with Crippen molar-refractivity contribution < 1.29 is 9.59 Å². The van der Waals surface area contributed by atoms with Gasteiger partial charge in [0.2, 0.25) is 5.91 Å². The Morgan fingerprint density at radius 1 is 1.25 bits per heavy atom. The SMILES string of the molecule is CC(=O)Nc1nc(C(=O)NC[C@@H](c2ccc(C)cc2)N(C)C)cs1. The molecule has 0 spiro atoms. The lowest BCUT2D eigenvalue weighted by Crippen LogP contribution is -2.34. The molecule has 0 radical (unpaired) electrons. The van der Waals surface area contributed by atoms with E-state index in [1.54, 1.807) is 5.38 Å². The van der Waals surface area contributed by atoms with E-state index in [-0.39, 0.29) is 17.9 Å². The molecule has 6 nitrogen and oxygen atoms in total. The molecule has 0 unspecified atom stereocenters. The predicted molar refractivity (Wildman–Crippen MR) is 96.4 cm³/mol. The number of hydrogen-bond donors (Lipinski definition) is 2. The Hall–Kier alpha value is -2.25. The number of benzene rings is 1. The lowest BCUT2D eigenvalue weighted by atomic mass is 10.0. The lowest BCUT2D eigenvalue weighted by molar-refractivity contribution is -0.114. The summed E-state index contributed by atoms with van der Waals surface area (Å²) in [6.07, 6.45) is 0. The number of rotatable bonds is 6. The lowest BCUT2D eigenvalue weighted by Gasteiger charge is -2.25. The van der Waals surface area contributed by atoms with Gasteiger partial charge in [0.25, 0.3) is 5.91 Å². The van der Waals surface area contributed by atoms with E-state index in [0.717, 1.165) is 5.56 Å². The van der Waals surface area contributed by atoms with Gasteiger partial charge in [-0.3, -0.25) is 9.59 Å². The molecule has 1 heterocycles. The van der Waals surface area contributed by atoms with Crippen LogP contribution in [0.5, 0.6) is 0 Å². The molecule has 1 aromatic heterocycles. The van der Waals surface area contributed by atoms with Gasteiger partial charge in [0.1, 0.15) is 5.69 Å². The fourth-order valence-electron chi connectivity index (χ4n) is 2.25. The van der Waals surface area contributed by atoms with Crippen LogP contribution in [0.15, 0.2) is 29.6 Å². The number of hydrogen-bond acceptors (Lipinski definition) is 5. The number of carbonyl (C=O) groups is 2. The summed E-state index contributed by atoms with van der Waals surface area (Å²) >= 11 is 1.23. The van der Waals surface area contributed by atoms with Crippen LogP contribution in [-0.2, 0) is 4.79 Å². The summed E-state index contributed by atoms with van der Waals surface area (Å²) in [7, 11) is 3.96. The Kier molecular flexibility index (Phi) is 6.05. The monoisotopic (exact) mass is 346 g/mol. The third-order valence-electron chi connectivity index (χ3n) is 3.56. The van der Waals surface area contributed by atoms with E-state index in [1.807, 2.05) is 21.0 Å². The van der Waals surface area contributed by atoms with E-state index in [9.17, 15) is 9.59 Å². The minimum atomic E-state index is -0.248. The number of anilines is 1. The summed E-state index contributed by atoms with van der Waals surface area (Å²) < 4.78 is 0. The zero-order chi connectivity index (χ0) is 17.7. The Morgan fingerprint density at radius 3 is 2.50 bits per heavy atom. The Labute approximate surface area is 145 Å². The molecule has 2 aromatic rings. The van der Waals surface area contributed by atoms with Crippen molar-refractivity contribution >= 4 is 28.3 Å². The van der Waals surface area contributed by atoms with Crippen LogP contribution in [0.4, 0.5) is 5.13 Å². The Bertz CT molecular complexity index is 710. The van der Waals surface area contributed by atoms with Gasteiger partial charge >= 0.3 is 0 Å². The molecule has 1 atom stereocenters. The van der Waals surface area contributed by atoms with E-state index >= 15 is 0 Å². The van der Waals surface area contributed by atoms with Gasteiger partial charge in [-0.1, -0.05) is 29.8 Å². The van der Waals surface area contributed by atoms with Gasteiger partial charge in [-0.25, -0.2) is 4.98 Å². The van der Waals surface area contributed by atoms with E-state index in [2.05, 4.69) is 44.8 Å². The summed E-state index contributed by atoms with van der Waals surface area (Å²) in [5.74, 6) is -0.454. The van der Waals surface area contributed by atoms with Crippen LogP contribution in [0.1, 0.15) is 34.6 Å². The quantitative estimate of drug-likeness (QED) is 0.842. The first kappa shape index (κ1) is 18.1. The smallest absolute Gasteiger partial charge is 0.270 e. The van der Waals surface area contributed by atoms with Crippen LogP contribution >= 0.6 is 11.3 Å². The molecular formula is C17H22N4O2S. The molecule has 0 fully saturated rings. The van der Waals surface area contributed by atoms with Gasteiger partial charge in [-0.05, 0) is 26.6 Å². The van der Waals surface area contributed by atoms with Gasteiger partial charge in [0, 0.05) is 18.8 Å². The highest BCUT2D eigenvalue weighted by atomic mass is 32.1. The molecule has 0 aliphatic rings. The largest absolute Gasteiger partial charge is 0.349 e. The van der Waals surface area contributed by atoms with Crippen LogP contribution in [0.25, 0.3) is 0 Å². The first-order valence-electron chi connectivity index (χ1n) is 7.61. The van der Waals surface area contributed by atoms with Crippen molar-refractivity contribution in [2.45, 2.75) is 19.9 Å². The molecule has 0 aliphatic carbocycles. The molecule has 24 heavy (non-hydrogen) atoms. The summed E-state index contributed by atoms with van der Waals surface area (Å²) in [5.41, 5.74) is 2.65. The van der Waals surface area contributed by atoms with E-state index in [4.69, 9.17) is 0 Å². The van der Waals surface area contributed by atoms with Crippen molar-refractivity contribution in [3.8, 4) is 0 Å². The van der Waals surface area contributed by atoms with Crippen LogP contribution in [-0.4, -0.2) is 42.3 Å². The summed E-state index contributed by atoms with van der Waals surface area (Å²) in [4.78, 5) is 29.5. The zero-order valence-corrected chi connectivity index (χ0v) is 15.1. The molecule has 0 aliphatic heterocycles. The highest BCUT2D eigenvalue weighted by Gasteiger charge is 2.17. The summed E-state index contributed by atoms with van der Waals surface area (Å²) in [5, 5.41) is 7.55. The zero-order valence-electron chi connectivity index (χ0n) is 14.3. The van der Waals surface area contributed by atoms with Gasteiger partial charge in [-0.2, -0.15) is 0 Å². The average Bonchev–Trinajstić information content (AvgIpc) is 2.96. The van der Waals surface area contributed by atoms with Crippen LogP contribution < -0.4 is 10.6 Å². The molecular weight excluding hydrogens is 324 g/mol. The topological polar surface area (TPSA) is 74.3 Å². The third-order valence-corrected chi connectivity index (χ3v) is 4.32. The Morgan fingerprint density at radius 2 is 1.92 bits per heavy atom. The molecule has 128 valence electrons. The standard InChI is InChI=1S/C17H22N4O2S/c1-11-5-7-13(8-6-11)15(21(3)4)9-18-16(23)14-10-24-17(20-14)19-12(2)22/h5-8,10,15H,9H2,1-4H3,(H,18,23)(H,19,20,22)/t15-/m0/s1. The number of carbonyl (C=O) groups excluding carboxylic acids is 2. The fraction of sp³-hybridized carbons (Fsp3) is 0.353. The first-order valence-corrected chi connectivity index (χ1v) is 8.49. The number of likely N-dealkylation sites (N-methyl/N-ethyl adjacent to an activating group) is 1. The van der Waals surface area contributed by atoms with Crippen LogP contribution in [0.3, 0.4) is 0 Å². The van der Waals surface area contributed by atoms with Gasteiger partial charge in [0.05, 0.1) is 6.04 Å².